The molecule has 9 nitrogen and oxygen atoms in total. The number of benzene rings is 1. The SMILES string of the molecule is O=S(=O)(Nc1ccccc1-n1cnnn1)c1cnc[nH]1. The van der Waals surface area contributed by atoms with Crippen molar-refractivity contribution in [2.45, 2.75) is 5.03 Å². The topological polar surface area (TPSA) is 118 Å². The summed E-state index contributed by atoms with van der Waals surface area (Å²) in [5, 5.41) is 10.8. The first-order chi connectivity index (χ1) is 9.67. The van der Waals surface area contributed by atoms with Crippen molar-refractivity contribution in [2.24, 2.45) is 0 Å². The molecule has 2 heterocycles. The van der Waals surface area contributed by atoms with E-state index in [-0.39, 0.29) is 5.03 Å². The van der Waals surface area contributed by atoms with Crippen molar-refractivity contribution in [2.75, 3.05) is 4.72 Å². The molecule has 0 fully saturated rings. The van der Waals surface area contributed by atoms with E-state index in [9.17, 15) is 8.42 Å². The first kappa shape index (κ1) is 12.3. The number of sulfonamides is 1. The van der Waals surface area contributed by atoms with Crippen molar-refractivity contribution < 1.29 is 8.42 Å². The van der Waals surface area contributed by atoms with Crippen molar-refractivity contribution >= 4 is 15.7 Å². The number of hydrogen-bond acceptors (Lipinski definition) is 6. The number of imidazole rings is 1. The molecular weight excluding hydrogens is 282 g/mol. The van der Waals surface area contributed by atoms with Gasteiger partial charge in [-0.3, -0.25) is 4.72 Å². The molecule has 0 unspecified atom stereocenters. The van der Waals surface area contributed by atoms with Crippen LogP contribution in [0.15, 0.2) is 48.1 Å². The highest BCUT2D eigenvalue weighted by atomic mass is 32.2. The van der Waals surface area contributed by atoms with E-state index in [0.29, 0.717) is 11.4 Å². The van der Waals surface area contributed by atoms with Crippen LogP contribution in [0.2, 0.25) is 0 Å². The fourth-order valence-corrected chi connectivity index (χ4v) is 2.60. The van der Waals surface area contributed by atoms with Gasteiger partial charge < -0.3 is 4.98 Å². The Bertz CT molecular complexity index is 796. The average Bonchev–Trinajstić information content (AvgIpc) is 3.13. The predicted molar refractivity (Wildman–Crippen MR) is 68.6 cm³/mol. The summed E-state index contributed by atoms with van der Waals surface area (Å²) >= 11 is 0. The second-order valence-electron chi connectivity index (χ2n) is 3.79. The third-order valence-electron chi connectivity index (χ3n) is 2.51. The summed E-state index contributed by atoms with van der Waals surface area (Å²) in [4.78, 5) is 6.23. The fraction of sp³-hybridized carbons (Fsp3) is 0. The van der Waals surface area contributed by atoms with Crippen molar-refractivity contribution in [3.63, 3.8) is 0 Å². The molecule has 102 valence electrons. The van der Waals surface area contributed by atoms with E-state index >= 15 is 0 Å². The minimum atomic E-state index is -3.73. The predicted octanol–water partition coefficient (Wildman–Crippen LogP) is 0.186. The fourth-order valence-electron chi connectivity index (χ4n) is 1.62. The molecule has 0 saturated carbocycles. The Morgan fingerprint density at radius 3 is 2.80 bits per heavy atom. The molecule has 1 aromatic carbocycles. The Balaban J connectivity index is 2.00. The number of hydrogen-bond donors (Lipinski definition) is 2. The Morgan fingerprint density at radius 2 is 2.10 bits per heavy atom. The zero-order valence-electron chi connectivity index (χ0n) is 10.0. The molecular formula is C10H9N7O2S. The van der Waals surface area contributed by atoms with E-state index in [4.69, 9.17) is 0 Å². The average molecular weight is 291 g/mol. The van der Waals surface area contributed by atoms with E-state index in [1.54, 1.807) is 24.3 Å². The van der Waals surface area contributed by atoms with Crippen LogP contribution in [-0.4, -0.2) is 38.6 Å². The maximum atomic E-state index is 12.1. The molecule has 0 aliphatic carbocycles. The van der Waals surface area contributed by atoms with E-state index in [1.165, 1.54) is 23.5 Å². The lowest BCUT2D eigenvalue weighted by atomic mass is 10.3. The highest BCUT2D eigenvalue weighted by Crippen LogP contribution is 2.21. The van der Waals surface area contributed by atoms with Crippen LogP contribution in [-0.2, 0) is 10.0 Å². The quantitative estimate of drug-likeness (QED) is 0.708. The normalized spacial score (nSPS) is 11.4. The third-order valence-corrected chi connectivity index (χ3v) is 3.80. The van der Waals surface area contributed by atoms with Gasteiger partial charge in [0.25, 0.3) is 10.0 Å². The highest BCUT2D eigenvalue weighted by molar-refractivity contribution is 7.92. The van der Waals surface area contributed by atoms with Crippen LogP contribution in [0.4, 0.5) is 5.69 Å². The lowest BCUT2D eigenvalue weighted by Crippen LogP contribution is -2.15. The van der Waals surface area contributed by atoms with Gasteiger partial charge in [-0.25, -0.2) is 4.98 Å². The molecule has 0 bridgehead atoms. The van der Waals surface area contributed by atoms with Gasteiger partial charge in [-0.1, -0.05) is 12.1 Å². The Labute approximate surface area is 113 Å². The maximum absolute atomic E-state index is 12.1. The molecule has 0 atom stereocenters. The second-order valence-corrected chi connectivity index (χ2v) is 5.44. The van der Waals surface area contributed by atoms with Gasteiger partial charge in [0.05, 0.1) is 23.9 Å². The minimum absolute atomic E-state index is 0.0241. The van der Waals surface area contributed by atoms with Crippen LogP contribution in [0.5, 0.6) is 0 Å². The van der Waals surface area contributed by atoms with E-state index in [1.807, 2.05) is 0 Å². The van der Waals surface area contributed by atoms with Gasteiger partial charge in [-0.15, -0.1) is 5.10 Å². The summed E-state index contributed by atoms with van der Waals surface area (Å²) in [5.41, 5.74) is 0.870. The van der Waals surface area contributed by atoms with Crippen LogP contribution in [0, 0.1) is 0 Å². The molecule has 0 aliphatic rings. The Hall–Kier alpha value is -2.75. The van der Waals surface area contributed by atoms with Crippen LogP contribution < -0.4 is 4.72 Å². The van der Waals surface area contributed by atoms with Crippen molar-refractivity contribution in [1.82, 2.24) is 30.2 Å². The molecule has 0 amide bonds. The lowest BCUT2D eigenvalue weighted by molar-refractivity contribution is 0.598. The number of nitrogens with one attached hydrogen (secondary N) is 2. The number of anilines is 1. The number of aromatic nitrogens is 6. The molecule has 2 aromatic heterocycles. The molecule has 0 saturated heterocycles. The van der Waals surface area contributed by atoms with E-state index < -0.39 is 10.0 Å². The van der Waals surface area contributed by atoms with Gasteiger partial charge in [0, 0.05) is 0 Å². The Morgan fingerprint density at radius 1 is 1.25 bits per heavy atom. The van der Waals surface area contributed by atoms with Crippen molar-refractivity contribution in [3.05, 3.63) is 43.1 Å². The molecule has 0 radical (unpaired) electrons. The molecule has 20 heavy (non-hydrogen) atoms. The van der Waals surface area contributed by atoms with Crippen molar-refractivity contribution in [1.29, 1.82) is 0 Å². The van der Waals surface area contributed by atoms with Crippen LogP contribution >= 0.6 is 0 Å². The monoisotopic (exact) mass is 291 g/mol. The molecule has 0 spiro atoms. The van der Waals surface area contributed by atoms with Gasteiger partial charge in [0.15, 0.2) is 5.03 Å². The molecule has 0 aliphatic heterocycles. The largest absolute Gasteiger partial charge is 0.334 e. The number of para-hydroxylation sites is 2. The standard InChI is InChI=1S/C10H9N7O2S/c18-20(19,10-5-11-6-12-10)14-8-3-1-2-4-9(8)17-7-13-15-16-17/h1-7,14H,(H,11,12). The molecule has 10 heteroatoms. The summed E-state index contributed by atoms with van der Waals surface area (Å²) in [6.07, 6.45) is 3.90. The van der Waals surface area contributed by atoms with Crippen LogP contribution in [0.3, 0.4) is 0 Å². The summed E-state index contributed by atoms with van der Waals surface area (Å²) in [5.74, 6) is 0. The lowest BCUT2D eigenvalue weighted by Gasteiger charge is -2.10. The first-order valence-electron chi connectivity index (χ1n) is 5.50. The molecule has 3 aromatic rings. The zero-order valence-corrected chi connectivity index (χ0v) is 10.8. The summed E-state index contributed by atoms with van der Waals surface area (Å²) in [6.45, 7) is 0. The van der Waals surface area contributed by atoms with Gasteiger partial charge >= 0.3 is 0 Å². The van der Waals surface area contributed by atoms with Crippen LogP contribution in [0.25, 0.3) is 5.69 Å². The number of tetrazole rings is 1. The third kappa shape index (κ3) is 2.23. The Kier molecular flexibility index (Phi) is 2.91. The second kappa shape index (κ2) is 4.74. The van der Waals surface area contributed by atoms with E-state index in [2.05, 4.69) is 30.2 Å². The number of rotatable bonds is 4. The van der Waals surface area contributed by atoms with E-state index in [0.717, 1.165) is 0 Å². The van der Waals surface area contributed by atoms with Gasteiger partial charge in [0.2, 0.25) is 0 Å². The molecule has 3 rings (SSSR count). The number of aromatic amines is 1. The number of nitrogens with zero attached hydrogens (tertiary/aromatic N) is 5. The van der Waals surface area contributed by atoms with Crippen LogP contribution in [0.1, 0.15) is 0 Å². The zero-order chi connectivity index (χ0) is 14.0. The maximum Gasteiger partial charge on any atom is 0.279 e. The van der Waals surface area contributed by atoms with Gasteiger partial charge in [-0.2, -0.15) is 13.1 Å². The van der Waals surface area contributed by atoms with Crippen molar-refractivity contribution in [3.8, 4) is 5.69 Å². The minimum Gasteiger partial charge on any atom is -0.334 e. The van der Waals surface area contributed by atoms with Gasteiger partial charge in [0.1, 0.15) is 6.33 Å². The summed E-state index contributed by atoms with van der Waals surface area (Å²) in [6, 6.07) is 6.77. The van der Waals surface area contributed by atoms with Gasteiger partial charge in [-0.05, 0) is 22.6 Å². The smallest absolute Gasteiger partial charge is 0.279 e. The molecule has 2 N–H and O–H groups in total. The number of H-pyrrole nitrogens is 1. The summed E-state index contributed by atoms with van der Waals surface area (Å²) in [7, 11) is -3.73. The summed E-state index contributed by atoms with van der Waals surface area (Å²) < 4.78 is 28.1. The first-order valence-corrected chi connectivity index (χ1v) is 6.99. The highest BCUT2D eigenvalue weighted by Gasteiger charge is 2.17.